The number of nitrogens with one attached hydrogen (secondary N) is 2. The lowest BCUT2D eigenvalue weighted by Crippen LogP contribution is -2.47. The first-order valence-corrected chi connectivity index (χ1v) is 6.83. The lowest BCUT2D eigenvalue weighted by Gasteiger charge is -2.40. The monoisotopic (exact) mass is 230 g/mol. The Morgan fingerprint density at radius 2 is 2.20 bits per heavy atom. The van der Waals surface area contributed by atoms with Crippen molar-refractivity contribution in [2.24, 2.45) is 5.92 Å². The van der Waals surface area contributed by atoms with Crippen LogP contribution in [0, 0.1) is 5.92 Å². The van der Waals surface area contributed by atoms with E-state index >= 15 is 0 Å². The van der Waals surface area contributed by atoms with Gasteiger partial charge < -0.3 is 10.6 Å². The summed E-state index contributed by atoms with van der Waals surface area (Å²) in [6.07, 6.45) is 5.94. The summed E-state index contributed by atoms with van der Waals surface area (Å²) in [6.45, 7) is 3.54. The van der Waals surface area contributed by atoms with Gasteiger partial charge in [-0.3, -0.25) is 4.79 Å². The van der Waals surface area contributed by atoms with Crippen molar-refractivity contribution in [3.05, 3.63) is 0 Å². The standard InChI is InChI=1S/C11H22N2OS/c1-9(7-12-2)10(14)13-8-11(15-3)5-4-6-11/h9,12H,4-8H2,1-3H3,(H,13,14). The molecule has 0 aromatic rings. The molecule has 1 saturated carbocycles. The first-order chi connectivity index (χ1) is 7.13. The van der Waals surface area contributed by atoms with Crippen LogP contribution in [0.4, 0.5) is 0 Å². The minimum absolute atomic E-state index is 0.0639. The van der Waals surface area contributed by atoms with Crippen LogP contribution in [-0.4, -0.2) is 37.0 Å². The zero-order valence-corrected chi connectivity index (χ0v) is 10.7. The van der Waals surface area contributed by atoms with Gasteiger partial charge in [-0.15, -0.1) is 0 Å². The summed E-state index contributed by atoms with van der Waals surface area (Å²) >= 11 is 1.90. The number of hydrogen-bond donors (Lipinski definition) is 2. The fourth-order valence-electron chi connectivity index (χ4n) is 1.85. The number of thioether (sulfide) groups is 1. The summed E-state index contributed by atoms with van der Waals surface area (Å²) in [4.78, 5) is 11.7. The number of rotatable bonds is 6. The molecule has 0 aliphatic heterocycles. The van der Waals surface area contributed by atoms with E-state index in [0.29, 0.717) is 4.75 Å². The summed E-state index contributed by atoms with van der Waals surface area (Å²) in [6, 6.07) is 0. The smallest absolute Gasteiger partial charge is 0.224 e. The van der Waals surface area contributed by atoms with Crippen molar-refractivity contribution in [1.29, 1.82) is 0 Å². The third-order valence-corrected chi connectivity index (χ3v) is 4.66. The van der Waals surface area contributed by atoms with Gasteiger partial charge in [-0.05, 0) is 26.1 Å². The van der Waals surface area contributed by atoms with Crippen LogP contribution in [-0.2, 0) is 4.79 Å². The number of hydrogen-bond acceptors (Lipinski definition) is 3. The molecule has 15 heavy (non-hydrogen) atoms. The molecular weight excluding hydrogens is 208 g/mol. The molecule has 0 aromatic heterocycles. The van der Waals surface area contributed by atoms with Crippen LogP contribution in [0.3, 0.4) is 0 Å². The van der Waals surface area contributed by atoms with E-state index in [9.17, 15) is 4.79 Å². The summed E-state index contributed by atoms with van der Waals surface area (Å²) in [5.41, 5.74) is 0. The Bertz CT molecular complexity index is 211. The normalized spacial score (nSPS) is 20.5. The Balaban J connectivity index is 2.26. The van der Waals surface area contributed by atoms with E-state index in [0.717, 1.165) is 13.1 Å². The molecule has 1 rings (SSSR count). The summed E-state index contributed by atoms with van der Waals surface area (Å²) in [7, 11) is 1.87. The van der Waals surface area contributed by atoms with Gasteiger partial charge in [-0.2, -0.15) is 11.8 Å². The maximum atomic E-state index is 11.7. The second-order valence-corrected chi connectivity index (χ2v) is 5.69. The predicted molar refractivity (Wildman–Crippen MR) is 66.2 cm³/mol. The van der Waals surface area contributed by atoms with E-state index in [1.165, 1.54) is 19.3 Å². The van der Waals surface area contributed by atoms with E-state index in [1.807, 2.05) is 25.7 Å². The van der Waals surface area contributed by atoms with Crippen molar-refractivity contribution in [3.8, 4) is 0 Å². The minimum atomic E-state index is 0.0639. The highest BCUT2D eigenvalue weighted by molar-refractivity contribution is 8.00. The van der Waals surface area contributed by atoms with Crippen LogP contribution < -0.4 is 10.6 Å². The molecule has 0 heterocycles. The van der Waals surface area contributed by atoms with Crippen molar-refractivity contribution in [3.63, 3.8) is 0 Å². The van der Waals surface area contributed by atoms with Crippen LogP contribution >= 0.6 is 11.8 Å². The largest absolute Gasteiger partial charge is 0.354 e. The maximum absolute atomic E-state index is 11.7. The van der Waals surface area contributed by atoms with Crippen molar-refractivity contribution in [2.75, 3.05) is 26.4 Å². The Labute approximate surface area is 96.8 Å². The van der Waals surface area contributed by atoms with Gasteiger partial charge in [0.05, 0.1) is 0 Å². The van der Waals surface area contributed by atoms with Gasteiger partial charge in [0.1, 0.15) is 0 Å². The average molecular weight is 230 g/mol. The molecular formula is C11H22N2OS. The van der Waals surface area contributed by atoms with Crippen LogP contribution in [0.1, 0.15) is 26.2 Å². The molecule has 2 N–H and O–H groups in total. The van der Waals surface area contributed by atoms with E-state index < -0.39 is 0 Å². The molecule has 0 bridgehead atoms. The van der Waals surface area contributed by atoms with Gasteiger partial charge in [0.25, 0.3) is 0 Å². The molecule has 1 aliphatic rings. The molecule has 0 aromatic carbocycles. The van der Waals surface area contributed by atoms with Crippen molar-refractivity contribution < 1.29 is 4.79 Å². The second-order valence-electron chi connectivity index (χ2n) is 4.42. The van der Waals surface area contributed by atoms with Crippen LogP contribution in [0.25, 0.3) is 0 Å². The van der Waals surface area contributed by atoms with Gasteiger partial charge in [0.15, 0.2) is 0 Å². The lowest BCUT2D eigenvalue weighted by atomic mass is 9.84. The molecule has 4 heteroatoms. The fraction of sp³-hybridized carbons (Fsp3) is 0.909. The molecule has 0 saturated heterocycles. The quantitative estimate of drug-likeness (QED) is 0.721. The minimum Gasteiger partial charge on any atom is -0.354 e. The Hall–Kier alpha value is -0.220. The van der Waals surface area contributed by atoms with Crippen LogP contribution in [0.15, 0.2) is 0 Å². The van der Waals surface area contributed by atoms with Crippen LogP contribution in [0.2, 0.25) is 0 Å². The van der Waals surface area contributed by atoms with Gasteiger partial charge in [0.2, 0.25) is 5.91 Å². The number of carbonyl (C=O) groups excluding carboxylic acids is 1. The summed E-state index contributed by atoms with van der Waals surface area (Å²) in [5, 5.41) is 6.08. The topological polar surface area (TPSA) is 41.1 Å². The third-order valence-electron chi connectivity index (χ3n) is 3.24. The first-order valence-electron chi connectivity index (χ1n) is 5.61. The SMILES string of the molecule is CNCC(C)C(=O)NCC1(SC)CCC1. The summed E-state index contributed by atoms with van der Waals surface area (Å²) < 4.78 is 0.342. The highest BCUT2D eigenvalue weighted by atomic mass is 32.2. The molecule has 1 unspecified atom stereocenters. The van der Waals surface area contributed by atoms with E-state index in [4.69, 9.17) is 0 Å². The molecule has 1 aliphatic carbocycles. The van der Waals surface area contributed by atoms with Gasteiger partial charge in [-0.1, -0.05) is 13.3 Å². The van der Waals surface area contributed by atoms with Gasteiger partial charge in [-0.25, -0.2) is 0 Å². The molecule has 1 atom stereocenters. The van der Waals surface area contributed by atoms with E-state index in [1.54, 1.807) is 0 Å². The highest BCUT2D eigenvalue weighted by Gasteiger charge is 2.36. The lowest BCUT2D eigenvalue weighted by molar-refractivity contribution is -0.124. The first kappa shape index (κ1) is 12.8. The zero-order valence-electron chi connectivity index (χ0n) is 9.93. The van der Waals surface area contributed by atoms with Gasteiger partial charge >= 0.3 is 0 Å². The van der Waals surface area contributed by atoms with Crippen LogP contribution in [0.5, 0.6) is 0 Å². The van der Waals surface area contributed by atoms with Crippen molar-refractivity contribution in [2.45, 2.75) is 30.9 Å². The zero-order chi connectivity index (χ0) is 11.3. The molecule has 3 nitrogen and oxygen atoms in total. The Morgan fingerprint density at radius 1 is 1.53 bits per heavy atom. The van der Waals surface area contributed by atoms with E-state index in [2.05, 4.69) is 16.9 Å². The molecule has 88 valence electrons. The van der Waals surface area contributed by atoms with Crippen molar-refractivity contribution >= 4 is 17.7 Å². The Morgan fingerprint density at radius 3 is 2.60 bits per heavy atom. The molecule has 0 radical (unpaired) electrons. The van der Waals surface area contributed by atoms with Gasteiger partial charge in [0, 0.05) is 23.8 Å². The van der Waals surface area contributed by atoms with Crippen molar-refractivity contribution in [1.82, 2.24) is 10.6 Å². The predicted octanol–water partition coefficient (Wildman–Crippen LogP) is 1.24. The second kappa shape index (κ2) is 5.75. The average Bonchev–Trinajstić information content (AvgIpc) is 2.17. The molecule has 1 amide bonds. The molecule has 0 spiro atoms. The number of amides is 1. The van der Waals surface area contributed by atoms with E-state index in [-0.39, 0.29) is 11.8 Å². The fourth-order valence-corrected chi connectivity index (χ4v) is 2.76. The Kier molecular flexibility index (Phi) is 4.93. The molecule has 1 fully saturated rings. The third kappa shape index (κ3) is 3.38. The summed E-state index contributed by atoms with van der Waals surface area (Å²) in [5.74, 6) is 0.235. The number of carbonyl (C=O) groups is 1. The maximum Gasteiger partial charge on any atom is 0.224 e. The highest BCUT2D eigenvalue weighted by Crippen LogP contribution is 2.42.